The highest BCUT2D eigenvalue weighted by atomic mass is 16.5. The normalized spacial score (nSPS) is 35.1. The molecule has 1 aliphatic carbocycles. The molecule has 0 radical (unpaired) electrons. The lowest BCUT2D eigenvalue weighted by Gasteiger charge is -2.53. The lowest BCUT2D eigenvalue weighted by atomic mass is 9.64. The minimum atomic E-state index is 0.134. The van der Waals surface area contributed by atoms with Crippen molar-refractivity contribution >= 4 is 0 Å². The van der Waals surface area contributed by atoms with Crippen molar-refractivity contribution in [3.8, 4) is 0 Å². The third-order valence-electron chi connectivity index (χ3n) is 5.36. The van der Waals surface area contributed by atoms with Gasteiger partial charge in [-0.3, -0.25) is 0 Å². The Morgan fingerprint density at radius 1 is 1.38 bits per heavy atom. The zero-order chi connectivity index (χ0) is 15.5. The molecule has 0 bridgehead atoms. The number of rotatable bonds is 8. The van der Waals surface area contributed by atoms with E-state index >= 15 is 0 Å². The van der Waals surface area contributed by atoms with Crippen molar-refractivity contribution in [3.63, 3.8) is 0 Å². The third kappa shape index (κ3) is 3.98. The molecular weight excluding hydrogens is 266 g/mol. The van der Waals surface area contributed by atoms with Gasteiger partial charge in [0.15, 0.2) is 0 Å². The van der Waals surface area contributed by atoms with Gasteiger partial charge in [-0.1, -0.05) is 27.7 Å². The van der Waals surface area contributed by atoms with Gasteiger partial charge in [-0.25, -0.2) is 0 Å². The summed E-state index contributed by atoms with van der Waals surface area (Å²) in [4.78, 5) is 0. The average Bonchev–Trinajstić information content (AvgIpc) is 2.86. The van der Waals surface area contributed by atoms with Crippen LogP contribution < -0.4 is 5.32 Å². The van der Waals surface area contributed by atoms with E-state index in [1.54, 1.807) is 0 Å². The zero-order valence-corrected chi connectivity index (χ0v) is 14.2. The van der Waals surface area contributed by atoms with E-state index in [1.165, 1.54) is 0 Å². The van der Waals surface area contributed by atoms with Crippen LogP contribution in [0, 0.1) is 16.7 Å². The Labute approximate surface area is 129 Å². The molecule has 21 heavy (non-hydrogen) atoms. The predicted octanol–water partition coefficient (Wildman–Crippen LogP) is 2.20. The largest absolute Gasteiger partial charge is 0.396 e. The summed E-state index contributed by atoms with van der Waals surface area (Å²) < 4.78 is 11.6. The van der Waals surface area contributed by atoms with Crippen LogP contribution in [-0.2, 0) is 9.47 Å². The van der Waals surface area contributed by atoms with Crippen LogP contribution in [0.25, 0.3) is 0 Å². The van der Waals surface area contributed by atoms with Crippen LogP contribution in [0.2, 0.25) is 0 Å². The van der Waals surface area contributed by atoms with Gasteiger partial charge < -0.3 is 19.9 Å². The molecule has 2 N–H and O–H groups in total. The van der Waals surface area contributed by atoms with Gasteiger partial charge in [0.25, 0.3) is 0 Å². The van der Waals surface area contributed by atoms with Crippen molar-refractivity contribution in [2.24, 2.45) is 16.7 Å². The lowest BCUT2D eigenvalue weighted by molar-refractivity contribution is -0.125. The summed E-state index contributed by atoms with van der Waals surface area (Å²) in [7, 11) is 0. The average molecular weight is 299 g/mol. The van der Waals surface area contributed by atoms with Crippen LogP contribution in [-0.4, -0.2) is 50.2 Å². The fourth-order valence-electron chi connectivity index (χ4n) is 3.47. The van der Waals surface area contributed by atoms with Crippen molar-refractivity contribution < 1.29 is 14.6 Å². The Hall–Kier alpha value is -0.160. The molecule has 1 saturated heterocycles. The predicted molar refractivity (Wildman–Crippen MR) is 84.3 cm³/mol. The Kier molecular flexibility index (Phi) is 5.69. The van der Waals surface area contributed by atoms with Crippen LogP contribution >= 0.6 is 0 Å². The van der Waals surface area contributed by atoms with Crippen molar-refractivity contribution in [1.29, 1.82) is 0 Å². The monoisotopic (exact) mass is 299 g/mol. The molecule has 3 atom stereocenters. The minimum absolute atomic E-state index is 0.134. The second-order valence-corrected chi connectivity index (χ2v) is 7.98. The van der Waals surface area contributed by atoms with Gasteiger partial charge in [0.05, 0.1) is 12.7 Å². The lowest BCUT2D eigenvalue weighted by Crippen LogP contribution is -2.62. The Morgan fingerprint density at radius 3 is 2.67 bits per heavy atom. The molecule has 0 spiro atoms. The van der Waals surface area contributed by atoms with Gasteiger partial charge in [-0.2, -0.15) is 0 Å². The fourth-order valence-corrected chi connectivity index (χ4v) is 3.47. The molecule has 1 heterocycles. The van der Waals surface area contributed by atoms with Crippen LogP contribution in [0.4, 0.5) is 0 Å². The first kappa shape index (κ1) is 17.2. The van der Waals surface area contributed by atoms with E-state index in [1.807, 2.05) is 0 Å². The van der Waals surface area contributed by atoms with Crippen molar-refractivity contribution in [2.75, 3.05) is 33.0 Å². The van der Waals surface area contributed by atoms with E-state index in [0.29, 0.717) is 18.1 Å². The highest BCUT2D eigenvalue weighted by Crippen LogP contribution is 2.43. The van der Waals surface area contributed by atoms with Crippen LogP contribution in [0.5, 0.6) is 0 Å². The molecule has 1 saturated carbocycles. The number of hydrogen-bond acceptors (Lipinski definition) is 4. The molecule has 0 aromatic carbocycles. The summed E-state index contributed by atoms with van der Waals surface area (Å²) in [6.45, 7) is 12.6. The quantitative estimate of drug-likeness (QED) is 0.721. The number of ether oxygens (including phenoxy) is 2. The molecule has 4 nitrogen and oxygen atoms in total. The molecule has 0 aromatic rings. The van der Waals surface area contributed by atoms with E-state index in [9.17, 15) is 5.11 Å². The van der Waals surface area contributed by atoms with Gasteiger partial charge in [0.1, 0.15) is 0 Å². The summed E-state index contributed by atoms with van der Waals surface area (Å²) in [5.41, 5.74) is 0.323. The first-order valence-electron chi connectivity index (χ1n) is 8.43. The van der Waals surface area contributed by atoms with Gasteiger partial charge >= 0.3 is 0 Å². The number of nitrogens with one attached hydrogen (secondary N) is 1. The maximum absolute atomic E-state index is 9.29. The zero-order valence-electron chi connectivity index (χ0n) is 14.2. The van der Waals surface area contributed by atoms with Gasteiger partial charge in [-0.15, -0.1) is 0 Å². The maximum Gasteiger partial charge on any atom is 0.0656 e. The standard InChI is InChI=1S/C17H33NO3/c1-13(2)10-21-15-9-14(16(15,3)4)18-11-17(5-7-19)6-8-20-12-17/h13-15,18-19H,5-12H2,1-4H3. The maximum atomic E-state index is 9.29. The molecular formula is C17H33NO3. The first-order valence-corrected chi connectivity index (χ1v) is 8.43. The minimum Gasteiger partial charge on any atom is -0.396 e. The molecule has 1 aliphatic heterocycles. The highest BCUT2D eigenvalue weighted by Gasteiger charge is 2.49. The first-order chi connectivity index (χ1) is 9.89. The summed E-state index contributed by atoms with van der Waals surface area (Å²) in [6.07, 6.45) is 3.35. The van der Waals surface area contributed by atoms with E-state index in [4.69, 9.17) is 9.47 Å². The topological polar surface area (TPSA) is 50.7 Å². The molecule has 2 fully saturated rings. The van der Waals surface area contributed by atoms with E-state index < -0.39 is 0 Å². The Balaban J connectivity index is 1.79. The summed E-state index contributed by atoms with van der Waals surface area (Å²) >= 11 is 0. The van der Waals surface area contributed by atoms with Gasteiger partial charge in [0, 0.05) is 43.2 Å². The summed E-state index contributed by atoms with van der Waals surface area (Å²) in [5, 5.41) is 13.0. The number of aliphatic hydroxyl groups is 1. The molecule has 124 valence electrons. The molecule has 0 aromatic heterocycles. The number of aliphatic hydroxyl groups excluding tert-OH is 1. The second-order valence-electron chi connectivity index (χ2n) is 7.98. The molecule has 3 unspecified atom stereocenters. The second kappa shape index (κ2) is 6.95. The fraction of sp³-hybridized carbons (Fsp3) is 1.00. The summed E-state index contributed by atoms with van der Waals surface area (Å²) in [5.74, 6) is 0.594. The van der Waals surface area contributed by atoms with E-state index in [0.717, 1.165) is 45.6 Å². The third-order valence-corrected chi connectivity index (χ3v) is 5.36. The van der Waals surface area contributed by atoms with Gasteiger partial charge in [-0.05, 0) is 25.2 Å². The van der Waals surface area contributed by atoms with Crippen molar-refractivity contribution in [3.05, 3.63) is 0 Å². The van der Waals surface area contributed by atoms with E-state index in [2.05, 4.69) is 33.0 Å². The molecule has 4 heteroatoms. The Morgan fingerprint density at radius 2 is 2.14 bits per heavy atom. The molecule has 2 aliphatic rings. The molecule has 2 rings (SSSR count). The summed E-state index contributed by atoms with van der Waals surface area (Å²) in [6, 6.07) is 0.505. The highest BCUT2D eigenvalue weighted by molar-refractivity contribution is 5.03. The van der Waals surface area contributed by atoms with Crippen LogP contribution in [0.1, 0.15) is 47.0 Å². The molecule has 0 amide bonds. The smallest absolute Gasteiger partial charge is 0.0656 e. The van der Waals surface area contributed by atoms with Gasteiger partial charge in [0.2, 0.25) is 0 Å². The van der Waals surface area contributed by atoms with Crippen LogP contribution in [0.3, 0.4) is 0 Å². The number of hydrogen-bond donors (Lipinski definition) is 2. The van der Waals surface area contributed by atoms with Crippen LogP contribution in [0.15, 0.2) is 0 Å². The van der Waals surface area contributed by atoms with Crippen molar-refractivity contribution in [2.45, 2.75) is 59.1 Å². The van der Waals surface area contributed by atoms with Crippen molar-refractivity contribution in [1.82, 2.24) is 5.32 Å². The Bertz CT molecular complexity index is 324. The van der Waals surface area contributed by atoms with E-state index in [-0.39, 0.29) is 17.4 Å². The SMILES string of the molecule is CC(C)COC1CC(NCC2(CCO)CCOC2)C1(C)C.